The molecule has 1 N–H and O–H groups in total. The zero-order valence-corrected chi connectivity index (χ0v) is 13.7. The van der Waals surface area contributed by atoms with Crippen molar-refractivity contribution in [3.63, 3.8) is 0 Å². The summed E-state index contributed by atoms with van der Waals surface area (Å²) in [4.78, 5) is 9.32. The molecule has 0 bridgehead atoms. The van der Waals surface area contributed by atoms with Gasteiger partial charge in [-0.25, -0.2) is 9.97 Å². The van der Waals surface area contributed by atoms with Crippen molar-refractivity contribution >= 4 is 28.4 Å². The number of ether oxygens (including phenoxy) is 1. The van der Waals surface area contributed by atoms with Gasteiger partial charge in [-0.2, -0.15) is 0 Å². The minimum absolute atomic E-state index is 0.772. The first kappa shape index (κ1) is 13.6. The van der Waals surface area contributed by atoms with Gasteiger partial charge < -0.3 is 10.1 Å². The summed E-state index contributed by atoms with van der Waals surface area (Å²) in [5.41, 5.74) is 3.38. The maximum Gasteiger partial charge on any atom is 0.161 e. The molecule has 4 nitrogen and oxygen atoms in total. The van der Waals surface area contributed by atoms with E-state index in [0.29, 0.717) is 0 Å². The van der Waals surface area contributed by atoms with Crippen LogP contribution in [0, 0.1) is 3.57 Å². The second-order valence-electron chi connectivity index (χ2n) is 4.68. The van der Waals surface area contributed by atoms with E-state index in [1.165, 1.54) is 5.56 Å². The van der Waals surface area contributed by atoms with Gasteiger partial charge in [0.2, 0.25) is 0 Å². The van der Waals surface area contributed by atoms with Gasteiger partial charge in [0.05, 0.1) is 15.9 Å². The summed E-state index contributed by atoms with van der Waals surface area (Å²) in [5, 5.41) is 3.15. The minimum Gasteiger partial charge on any atom is -0.493 e. The lowest BCUT2D eigenvalue weighted by Crippen LogP contribution is -2.04. The highest BCUT2D eigenvalue weighted by molar-refractivity contribution is 14.1. The number of nitrogens with zero attached hydrogens (tertiary/aromatic N) is 2. The van der Waals surface area contributed by atoms with Crippen molar-refractivity contribution in [2.45, 2.75) is 19.8 Å². The van der Waals surface area contributed by atoms with Gasteiger partial charge in [-0.15, -0.1) is 0 Å². The van der Waals surface area contributed by atoms with E-state index in [1.807, 2.05) is 19.2 Å². The molecule has 0 saturated carbocycles. The number of aromatic nitrogens is 2. The fourth-order valence-corrected chi connectivity index (χ4v) is 3.24. The summed E-state index contributed by atoms with van der Waals surface area (Å²) >= 11 is 2.30. The molecule has 0 unspecified atom stereocenters. The molecule has 0 spiro atoms. The average molecular weight is 381 g/mol. The fourth-order valence-electron chi connectivity index (χ4n) is 2.35. The molecule has 2 aromatic rings. The van der Waals surface area contributed by atoms with Crippen LogP contribution in [-0.2, 0) is 12.8 Å². The van der Waals surface area contributed by atoms with E-state index in [4.69, 9.17) is 9.72 Å². The summed E-state index contributed by atoms with van der Waals surface area (Å²) in [6.45, 7) is 2.89. The molecule has 0 aliphatic carbocycles. The van der Waals surface area contributed by atoms with Gasteiger partial charge >= 0.3 is 0 Å². The van der Waals surface area contributed by atoms with Crippen LogP contribution in [0.2, 0.25) is 0 Å². The Kier molecular flexibility index (Phi) is 3.78. The highest BCUT2D eigenvalue weighted by Crippen LogP contribution is 2.30. The monoisotopic (exact) mass is 381 g/mol. The van der Waals surface area contributed by atoms with Crippen molar-refractivity contribution in [1.82, 2.24) is 9.97 Å². The van der Waals surface area contributed by atoms with Crippen LogP contribution in [0.5, 0.6) is 5.75 Å². The van der Waals surface area contributed by atoms with E-state index < -0.39 is 0 Å². The van der Waals surface area contributed by atoms with Gasteiger partial charge in [-0.3, -0.25) is 0 Å². The van der Waals surface area contributed by atoms with E-state index >= 15 is 0 Å². The number of benzene rings is 1. The van der Waals surface area contributed by atoms with E-state index in [-0.39, 0.29) is 0 Å². The maximum absolute atomic E-state index is 5.54. The lowest BCUT2D eigenvalue weighted by atomic mass is 10.1. The van der Waals surface area contributed by atoms with Gasteiger partial charge in [0.1, 0.15) is 11.6 Å². The van der Waals surface area contributed by atoms with Crippen LogP contribution in [0.1, 0.15) is 18.2 Å². The first-order valence-corrected chi connectivity index (χ1v) is 7.81. The predicted molar refractivity (Wildman–Crippen MR) is 88.3 cm³/mol. The Hall–Kier alpha value is -1.37. The van der Waals surface area contributed by atoms with Gasteiger partial charge in [0.25, 0.3) is 0 Å². The lowest BCUT2D eigenvalue weighted by molar-refractivity contribution is 0.357. The molecule has 2 heterocycles. The molecule has 0 radical (unpaired) electrons. The van der Waals surface area contributed by atoms with Gasteiger partial charge in [0.15, 0.2) is 5.82 Å². The van der Waals surface area contributed by atoms with Crippen LogP contribution >= 0.6 is 22.6 Å². The van der Waals surface area contributed by atoms with Crippen LogP contribution in [0.4, 0.5) is 5.82 Å². The van der Waals surface area contributed by atoms with Gasteiger partial charge in [-0.1, -0.05) is 6.92 Å². The van der Waals surface area contributed by atoms with Crippen molar-refractivity contribution < 1.29 is 4.74 Å². The molecule has 0 fully saturated rings. The Morgan fingerprint density at radius 1 is 1.35 bits per heavy atom. The Bertz CT molecular complexity index is 633. The number of hydrogen-bond acceptors (Lipinski definition) is 4. The SMILES string of the molecule is CCc1nc(-c2ccc3c(c2)CCO3)nc(NC)c1I. The summed E-state index contributed by atoms with van der Waals surface area (Å²) in [6, 6.07) is 6.19. The minimum atomic E-state index is 0.772. The molecule has 1 aromatic heterocycles. The highest BCUT2D eigenvalue weighted by atomic mass is 127. The topological polar surface area (TPSA) is 47.0 Å². The molecular formula is C15H16IN3O. The fraction of sp³-hybridized carbons (Fsp3) is 0.333. The van der Waals surface area contributed by atoms with Crippen molar-refractivity contribution in [3.8, 4) is 17.1 Å². The number of rotatable bonds is 3. The van der Waals surface area contributed by atoms with Crippen LogP contribution < -0.4 is 10.1 Å². The Morgan fingerprint density at radius 2 is 2.20 bits per heavy atom. The average Bonchev–Trinajstić information content (AvgIpc) is 2.95. The standard InChI is InChI=1S/C15H16IN3O/c1-3-11-13(16)15(17-2)19-14(18-11)10-4-5-12-9(8-10)6-7-20-12/h4-5,8H,3,6-7H2,1-2H3,(H,17,18,19). The second-order valence-corrected chi connectivity index (χ2v) is 5.76. The third kappa shape index (κ3) is 2.34. The highest BCUT2D eigenvalue weighted by Gasteiger charge is 2.16. The molecule has 1 aliphatic rings. The van der Waals surface area contributed by atoms with Crippen LogP contribution in [0.15, 0.2) is 18.2 Å². The van der Waals surface area contributed by atoms with Gasteiger partial charge in [-0.05, 0) is 52.8 Å². The Morgan fingerprint density at radius 3 is 2.95 bits per heavy atom. The molecule has 1 aliphatic heterocycles. The van der Waals surface area contributed by atoms with E-state index in [2.05, 4.69) is 45.9 Å². The number of halogens is 1. The smallest absolute Gasteiger partial charge is 0.161 e. The van der Waals surface area contributed by atoms with E-state index in [0.717, 1.165) is 51.7 Å². The summed E-state index contributed by atoms with van der Waals surface area (Å²) in [5.74, 6) is 2.66. The Balaban J connectivity index is 2.09. The Labute approximate surface area is 132 Å². The second kappa shape index (κ2) is 5.55. The largest absolute Gasteiger partial charge is 0.493 e. The van der Waals surface area contributed by atoms with E-state index in [1.54, 1.807) is 0 Å². The first-order chi connectivity index (χ1) is 9.72. The molecule has 0 atom stereocenters. The van der Waals surface area contributed by atoms with Crippen LogP contribution in [0.25, 0.3) is 11.4 Å². The third-order valence-corrected chi connectivity index (χ3v) is 4.57. The predicted octanol–water partition coefficient (Wildman–Crippen LogP) is 3.29. The summed E-state index contributed by atoms with van der Waals surface area (Å²) in [6.07, 6.45) is 1.86. The summed E-state index contributed by atoms with van der Waals surface area (Å²) in [7, 11) is 1.89. The van der Waals surface area contributed by atoms with Gasteiger partial charge in [0, 0.05) is 19.0 Å². The molecule has 1 aromatic carbocycles. The lowest BCUT2D eigenvalue weighted by Gasteiger charge is -2.10. The van der Waals surface area contributed by atoms with Crippen molar-refractivity contribution in [1.29, 1.82) is 0 Å². The number of aryl methyl sites for hydroxylation is 1. The molecule has 3 rings (SSSR count). The van der Waals surface area contributed by atoms with Crippen molar-refractivity contribution in [2.24, 2.45) is 0 Å². The molecule has 20 heavy (non-hydrogen) atoms. The molecule has 0 saturated heterocycles. The van der Waals surface area contributed by atoms with Crippen molar-refractivity contribution in [2.75, 3.05) is 19.0 Å². The zero-order chi connectivity index (χ0) is 14.1. The van der Waals surface area contributed by atoms with Crippen LogP contribution in [0.3, 0.4) is 0 Å². The normalized spacial score (nSPS) is 12.9. The first-order valence-electron chi connectivity index (χ1n) is 6.73. The molecule has 104 valence electrons. The van der Waals surface area contributed by atoms with Crippen molar-refractivity contribution in [3.05, 3.63) is 33.0 Å². The number of fused-ring (bicyclic) bond motifs is 1. The number of nitrogens with one attached hydrogen (secondary N) is 1. The third-order valence-electron chi connectivity index (χ3n) is 3.44. The number of anilines is 1. The van der Waals surface area contributed by atoms with Crippen LogP contribution in [-0.4, -0.2) is 23.6 Å². The molecule has 0 amide bonds. The zero-order valence-electron chi connectivity index (χ0n) is 11.5. The van der Waals surface area contributed by atoms with E-state index in [9.17, 15) is 0 Å². The molecular weight excluding hydrogens is 365 g/mol. The quantitative estimate of drug-likeness (QED) is 0.830. The number of hydrogen-bond donors (Lipinski definition) is 1. The molecule has 5 heteroatoms. The summed E-state index contributed by atoms with van der Waals surface area (Å²) < 4.78 is 6.64. The maximum atomic E-state index is 5.54.